The van der Waals surface area contributed by atoms with Crippen LogP contribution in [0, 0.1) is 0 Å². The Morgan fingerprint density at radius 2 is 1.79 bits per heavy atom. The van der Waals surface area contributed by atoms with Gasteiger partial charge in [-0.3, -0.25) is 9.67 Å². The Bertz CT molecular complexity index is 1060. The number of piperidine rings is 1. The van der Waals surface area contributed by atoms with Crippen LogP contribution in [0.25, 0.3) is 0 Å². The van der Waals surface area contributed by atoms with E-state index in [1.807, 2.05) is 22.0 Å². The summed E-state index contributed by atoms with van der Waals surface area (Å²) in [5, 5.41) is 4.40. The van der Waals surface area contributed by atoms with Crippen molar-refractivity contribution in [2.24, 2.45) is 0 Å². The number of alkyl halides is 3. The van der Waals surface area contributed by atoms with Gasteiger partial charge in [-0.25, -0.2) is 0 Å². The molecule has 0 unspecified atom stereocenters. The van der Waals surface area contributed by atoms with Crippen molar-refractivity contribution in [2.75, 3.05) is 43.7 Å². The maximum atomic E-state index is 13.1. The highest BCUT2D eigenvalue weighted by Gasteiger charge is 2.32. The molecular formula is C24H28F3N5O2. The van der Waals surface area contributed by atoms with Crippen molar-refractivity contribution < 1.29 is 22.6 Å². The Morgan fingerprint density at radius 1 is 1.06 bits per heavy atom. The van der Waals surface area contributed by atoms with Gasteiger partial charge in [-0.2, -0.15) is 18.3 Å². The molecule has 1 aliphatic heterocycles. The molecule has 0 saturated carbocycles. The van der Waals surface area contributed by atoms with Gasteiger partial charge in [0.15, 0.2) is 0 Å². The number of halogens is 3. The molecule has 1 aliphatic rings. The van der Waals surface area contributed by atoms with Gasteiger partial charge in [0.05, 0.1) is 43.9 Å². The molecule has 3 aromatic rings. The fourth-order valence-electron chi connectivity index (χ4n) is 4.29. The lowest BCUT2D eigenvalue weighted by Gasteiger charge is -2.40. The summed E-state index contributed by atoms with van der Waals surface area (Å²) in [5.41, 5.74) is 1.78. The lowest BCUT2D eigenvalue weighted by Crippen LogP contribution is -2.43. The number of rotatable bonds is 8. The maximum absolute atomic E-state index is 13.1. The van der Waals surface area contributed by atoms with Crippen molar-refractivity contribution in [3.8, 4) is 5.75 Å². The molecule has 0 N–H and O–H groups in total. The second-order valence-electron chi connectivity index (χ2n) is 8.13. The summed E-state index contributed by atoms with van der Waals surface area (Å²) >= 11 is 0. The van der Waals surface area contributed by atoms with Crippen LogP contribution in [0.3, 0.4) is 0 Å². The lowest BCUT2D eigenvalue weighted by molar-refractivity contribution is -0.137. The number of aromatic nitrogens is 3. The number of methoxy groups -OCH3 is 2. The van der Waals surface area contributed by atoms with Crippen LogP contribution >= 0.6 is 0 Å². The number of hydrogen-bond donors (Lipinski definition) is 0. The molecule has 1 aromatic carbocycles. The van der Waals surface area contributed by atoms with Crippen LogP contribution in [0.4, 0.5) is 30.2 Å². The van der Waals surface area contributed by atoms with E-state index in [1.54, 1.807) is 32.7 Å². The SMILES string of the molecule is COCCn1cc(N2CCC(N(c3ccc(C(F)(F)F)cc3)c3cnccc3OC)CC2)cn1. The Morgan fingerprint density at radius 3 is 2.44 bits per heavy atom. The smallest absolute Gasteiger partial charge is 0.416 e. The minimum atomic E-state index is -4.38. The Hall–Kier alpha value is -3.27. The zero-order valence-corrected chi connectivity index (χ0v) is 19.2. The van der Waals surface area contributed by atoms with Gasteiger partial charge in [0.25, 0.3) is 0 Å². The van der Waals surface area contributed by atoms with Crippen molar-refractivity contribution in [1.82, 2.24) is 14.8 Å². The summed E-state index contributed by atoms with van der Waals surface area (Å²) in [6.45, 7) is 2.87. The molecule has 7 nitrogen and oxygen atoms in total. The summed E-state index contributed by atoms with van der Waals surface area (Å²) < 4.78 is 51.9. The van der Waals surface area contributed by atoms with Crippen LogP contribution in [0.5, 0.6) is 5.75 Å². The summed E-state index contributed by atoms with van der Waals surface area (Å²) in [6.07, 6.45) is 4.43. The molecule has 0 atom stereocenters. The summed E-state index contributed by atoms with van der Waals surface area (Å²) in [7, 11) is 3.24. The van der Waals surface area contributed by atoms with Crippen LogP contribution in [-0.4, -0.2) is 54.7 Å². The molecule has 34 heavy (non-hydrogen) atoms. The highest BCUT2D eigenvalue weighted by atomic mass is 19.4. The third-order valence-electron chi connectivity index (χ3n) is 6.05. The van der Waals surface area contributed by atoms with Gasteiger partial charge < -0.3 is 19.3 Å². The van der Waals surface area contributed by atoms with E-state index in [-0.39, 0.29) is 6.04 Å². The zero-order chi connectivity index (χ0) is 24.1. The van der Waals surface area contributed by atoms with E-state index in [0.29, 0.717) is 24.6 Å². The second kappa shape index (κ2) is 10.3. The van der Waals surface area contributed by atoms with Crippen LogP contribution in [0.1, 0.15) is 18.4 Å². The van der Waals surface area contributed by atoms with Gasteiger partial charge in [-0.15, -0.1) is 0 Å². The van der Waals surface area contributed by atoms with E-state index in [1.165, 1.54) is 12.1 Å². The Labute approximate surface area is 196 Å². The van der Waals surface area contributed by atoms with E-state index in [0.717, 1.165) is 49.4 Å². The molecule has 3 heterocycles. The summed E-state index contributed by atoms with van der Waals surface area (Å²) in [4.78, 5) is 8.57. The first-order valence-corrected chi connectivity index (χ1v) is 11.1. The predicted octanol–water partition coefficient (Wildman–Crippen LogP) is 4.76. The number of nitrogens with zero attached hydrogens (tertiary/aromatic N) is 5. The van der Waals surface area contributed by atoms with Crippen LogP contribution < -0.4 is 14.5 Å². The number of hydrogen-bond acceptors (Lipinski definition) is 6. The fraction of sp³-hybridized carbons (Fsp3) is 0.417. The molecule has 4 rings (SSSR count). The number of benzene rings is 1. The van der Waals surface area contributed by atoms with Gasteiger partial charge >= 0.3 is 6.18 Å². The third-order valence-corrected chi connectivity index (χ3v) is 6.05. The van der Waals surface area contributed by atoms with Crippen molar-refractivity contribution in [2.45, 2.75) is 31.6 Å². The Kier molecular flexibility index (Phi) is 7.26. The van der Waals surface area contributed by atoms with Gasteiger partial charge in [-0.1, -0.05) is 0 Å². The highest BCUT2D eigenvalue weighted by Crippen LogP contribution is 2.39. The molecule has 2 aromatic heterocycles. The quantitative estimate of drug-likeness (QED) is 0.468. The molecule has 182 valence electrons. The fourth-order valence-corrected chi connectivity index (χ4v) is 4.29. The van der Waals surface area contributed by atoms with E-state index in [9.17, 15) is 13.2 Å². The molecule has 1 fully saturated rings. The minimum Gasteiger partial charge on any atom is -0.494 e. The lowest BCUT2D eigenvalue weighted by atomic mass is 10.0. The van der Waals surface area contributed by atoms with Gasteiger partial charge in [0.2, 0.25) is 0 Å². The Balaban J connectivity index is 1.56. The van der Waals surface area contributed by atoms with Gasteiger partial charge in [0, 0.05) is 50.4 Å². The van der Waals surface area contributed by atoms with Crippen LogP contribution in [-0.2, 0) is 17.5 Å². The molecule has 0 amide bonds. The van der Waals surface area contributed by atoms with Crippen molar-refractivity contribution >= 4 is 17.1 Å². The molecule has 1 saturated heterocycles. The third kappa shape index (κ3) is 5.27. The molecule has 0 radical (unpaired) electrons. The van der Waals surface area contributed by atoms with Gasteiger partial charge in [-0.05, 0) is 37.1 Å². The largest absolute Gasteiger partial charge is 0.494 e. The van der Waals surface area contributed by atoms with Crippen LogP contribution in [0.15, 0.2) is 55.1 Å². The first-order valence-electron chi connectivity index (χ1n) is 11.1. The average molecular weight is 476 g/mol. The number of ether oxygens (including phenoxy) is 2. The van der Waals surface area contributed by atoms with Gasteiger partial charge in [0.1, 0.15) is 11.4 Å². The van der Waals surface area contributed by atoms with Crippen LogP contribution in [0.2, 0.25) is 0 Å². The molecular weight excluding hydrogens is 447 g/mol. The first-order chi connectivity index (χ1) is 16.4. The van der Waals surface area contributed by atoms with Crippen molar-refractivity contribution in [3.63, 3.8) is 0 Å². The van der Waals surface area contributed by atoms with E-state index in [4.69, 9.17) is 9.47 Å². The number of anilines is 3. The molecule has 0 bridgehead atoms. The monoisotopic (exact) mass is 475 g/mol. The van der Waals surface area contributed by atoms with E-state index in [2.05, 4.69) is 15.0 Å². The zero-order valence-electron chi connectivity index (χ0n) is 19.2. The first kappa shape index (κ1) is 23.9. The highest BCUT2D eigenvalue weighted by molar-refractivity contribution is 5.69. The maximum Gasteiger partial charge on any atom is 0.416 e. The molecule has 0 aliphatic carbocycles. The second-order valence-corrected chi connectivity index (χ2v) is 8.13. The van der Waals surface area contributed by atoms with Crippen molar-refractivity contribution in [3.05, 3.63) is 60.7 Å². The van der Waals surface area contributed by atoms with Crippen molar-refractivity contribution in [1.29, 1.82) is 0 Å². The molecule has 10 heteroatoms. The number of pyridine rings is 1. The minimum absolute atomic E-state index is 0.0645. The summed E-state index contributed by atoms with van der Waals surface area (Å²) in [6, 6.07) is 7.09. The summed E-state index contributed by atoms with van der Waals surface area (Å²) in [5.74, 6) is 0.622. The normalized spacial score (nSPS) is 14.9. The van der Waals surface area contributed by atoms with E-state index < -0.39 is 11.7 Å². The predicted molar refractivity (Wildman–Crippen MR) is 124 cm³/mol. The molecule has 0 spiro atoms. The van der Waals surface area contributed by atoms with E-state index >= 15 is 0 Å². The standard InChI is InChI=1S/C24H28F3N5O2/c1-33-14-13-31-17-21(15-29-31)30-11-8-20(9-12-30)32(22-16-28-10-7-23(22)34-2)19-5-3-18(4-6-19)24(25,26)27/h3-7,10,15-17,20H,8-9,11-14H2,1-2H3. The average Bonchev–Trinajstić information content (AvgIpc) is 3.32. The topological polar surface area (TPSA) is 55.7 Å².